The van der Waals surface area contributed by atoms with Crippen molar-refractivity contribution < 1.29 is 4.42 Å². The lowest BCUT2D eigenvalue weighted by Crippen LogP contribution is -1.81. The van der Waals surface area contributed by atoms with Crippen LogP contribution < -0.4 is 0 Å². The molecule has 0 saturated heterocycles. The highest BCUT2D eigenvalue weighted by molar-refractivity contribution is 7.98. The molecule has 0 aliphatic rings. The number of hydrogen-bond donors (Lipinski definition) is 0. The maximum atomic E-state index is 8.78. The van der Waals surface area contributed by atoms with Crippen molar-refractivity contribution in [2.24, 2.45) is 0 Å². The molecule has 4 nitrogen and oxygen atoms in total. The van der Waals surface area contributed by atoms with E-state index in [0.29, 0.717) is 16.7 Å². The summed E-state index contributed by atoms with van der Waals surface area (Å²) in [6.07, 6.45) is 0. The highest BCUT2D eigenvalue weighted by Crippen LogP contribution is 2.25. The van der Waals surface area contributed by atoms with Crippen LogP contribution in [0, 0.1) is 18.3 Å². The number of rotatable bonds is 4. The lowest BCUT2D eigenvalue weighted by atomic mass is 10.1. The van der Waals surface area contributed by atoms with E-state index in [1.165, 1.54) is 17.3 Å². The molecule has 1 aromatic heterocycles. The molecule has 1 heterocycles. The van der Waals surface area contributed by atoms with E-state index >= 15 is 0 Å². The van der Waals surface area contributed by atoms with Crippen LogP contribution in [0.4, 0.5) is 0 Å². The molecule has 0 amide bonds. The molecule has 0 aliphatic carbocycles. The molecule has 22 heavy (non-hydrogen) atoms. The molecular weight excluding hydrogens is 294 g/mol. The van der Waals surface area contributed by atoms with Gasteiger partial charge in [0.2, 0.25) is 5.89 Å². The zero-order chi connectivity index (χ0) is 15.4. The van der Waals surface area contributed by atoms with Crippen molar-refractivity contribution in [3.63, 3.8) is 0 Å². The van der Waals surface area contributed by atoms with Crippen molar-refractivity contribution in [1.82, 2.24) is 10.2 Å². The average molecular weight is 307 g/mol. The highest BCUT2D eigenvalue weighted by Gasteiger charge is 2.09. The van der Waals surface area contributed by atoms with Gasteiger partial charge >= 0.3 is 0 Å². The molecule has 2 aromatic carbocycles. The lowest BCUT2D eigenvalue weighted by molar-refractivity contribution is 0.466. The van der Waals surface area contributed by atoms with Crippen LogP contribution in [0.5, 0.6) is 0 Å². The summed E-state index contributed by atoms with van der Waals surface area (Å²) in [5, 5.41) is 17.5. The van der Waals surface area contributed by atoms with E-state index in [0.717, 1.165) is 16.9 Å². The molecular formula is C17H13N3OS. The van der Waals surface area contributed by atoms with Gasteiger partial charge in [0.15, 0.2) is 0 Å². The molecule has 0 saturated carbocycles. The smallest absolute Gasteiger partial charge is 0.277 e. The van der Waals surface area contributed by atoms with Crippen LogP contribution in [0.1, 0.15) is 16.7 Å². The Kier molecular flexibility index (Phi) is 4.22. The second-order valence-electron chi connectivity index (χ2n) is 4.84. The third-order valence-electron chi connectivity index (χ3n) is 3.15. The Labute approximate surface area is 132 Å². The molecule has 0 unspecified atom stereocenters. The summed E-state index contributed by atoms with van der Waals surface area (Å²) in [7, 11) is 0. The van der Waals surface area contributed by atoms with Gasteiger partial charge in [0.25, 0.3) is 5.22 Å². The Morgan fingerprint density at radius 2 is 1.77 bits per heavy atom. The molecule has 0 aliphatic heterocycles. The number of benzene rings is 2. The van der Waals surface area contributed by atoms with E-state index < -0.39 is 0 Å². The third kappa shape index (κ3) is 3.35. The van der Waals surface area contributed by atoms with Gasteiger partial charge in [-0.25, -0.2) is 0 Å². The summed E-state index contributed by atoms with van der Waals surface area (Å²) in [5.41, 5.74) is 3.88. The number of thioether (sulfide) groups is 1. The van der Waals surface area contributed by atoms with E-state index in [1.807, 2.05) is 43.3 Å². The first-order valence-corrected chi connectivity index (χ1v) is 7.75. The highest BCUT2D eigenvalue weighted by atomic mass is 32.2. The number of nitriles is 1. The van der Waals surface area contributed by atoms with E-state index in [1.54, 1.807) is 12.1 Å². The summed E-state index contributed by atoms with van der Waals surface area (Å²) in [6.45, 7) is 2.04. The predicted molar refractivity (Wildman–Crippen MR) is 85.2 cm³/mol. The Morgan fingerprint density at radius 1 is 1.05 bits per heavy atom. The van der Waals surface area contributed by atoms with Gasteiger partial charge < -0.3 is 4.42 Å². The van der Waals surface area contributed by atoms with Crippen molar-refractivity contribution in [3.05, 3.63) is 65.2 Å². The molecule has 0 bridgehead atoms. The predicted octanol–water partition coefficient (Wildman–Crippen LogP) is 4.21. The zero-order valence-electron chi connectivity index (χ0n) is 12.0. The van der Waals surface area contributed by atoms with Gasteiger partial charge in [-0.1, -0.05) is 41.6 Å². The lowest BCUT2D eigenvalue weighted by Gasteiger charge is -1.98. The Balaban J connectivity index is 1.66. The fraction of sp³-hybridized carbons (Fsp3) is 0.118. The summed E-state index contributed by atoms with van der Waals surface area (Å²) in [6, 6.07) is 17.6. The van der Waals surface area contributed by atoms with Crippen LogP contribution >= 0.6 is 11.8 Å². The van der Waals surface area contributed by atoms with Gasteiger partial charge in [-0.05, 0) is 36.8 Å². The second-order valence-corrected chi connectivity index (χ2v) is 5.76. The fourth-order valence-electron chi connectivity index (χ4n) is 1.90. The van der Waals surface area contributed by atoms with Crippen LogP contribution in [-0.4, -0.2) is 10.2 Å². The Bertz CT molecular complexity index is 801. The standard InChI is InChI=1S/C17H13N3OS/c1-12-2-8-15(9-3-12)16-19-20-17(21-16)22-11-14-6-4-13(10-18)5-7-14/h2-9H,11H2,1H3. The quantitative estimate of drug-likeness (QED) is 0.676. The minimum Gasteiger partial charge on any atom is -0.411 e. The Hall–Kier alpha value is -2.58. The maximum absolute atomic E-state index is 8.78. The summed E-state index contributed by atoms with van der Waals surface area (Å²) < 4.78 is 5.66. The number of nitrogens with zero attached hydrogens (tertiary/aromatic N) is 3. The molecule has 5 heteroatoms. The van der Waals surface area contributed by atoms with Gasteiger partial charge in [0.05, 0.1) is 11.6 Å². The minimum atomic E-state index is 0.530. The largest absolute Gasteiger partial charge is 0.411 e. The molecule has 0 radical (unpaired) electrons. The van der Waals surface area contributed by atoms with Crippen molar-refractivity contribution in [2.45, 2.75) is 17.9 Å². The monoisotopic (exact) mass is 307 g/mol. The number of aryl methyl sites for hydroxylation is 1. The van der Waals surface area contributed by atoms with Gasteiger partial charge in [-0.3, -0.25) is 0 Å². The maximum Gasteiger partial charge on any atom is 0.277 e. The van der Waals surface area contributed by atoms with E-state index in [4.69, 9.17) is 9.68 Å². The minimum absolute atomic E-state index is 0.530. The molecule has 0 spiro atoms. The molecule has 0 atom stereocenters. The van der Waals surface area contributed by atoms with E-state index in [9.17, 15) is 0 Å². The van der Waals surface area contributed by atoms with Crippen LogP contribution in [0.15, 0.2) is 58.2 Å². The molecule has 0 N–H and O–H groups in total. The summed E-state index contributed by atoms with van der Waals surface area (Å²) >= 11 is 1.48. The van der Waals surface area contributed by atoms with Gasteiger partial charge in [-0.15, -0.1) is 10.2 Å². The fourth-order valence-corrected chi connectivity index (χ4v) is 2.62. The average Bonchev–Trinajstić information content (AvgIpc) is 3.03. The van der Waals surface area contributed by atoms with Crippen LogP contribution in [0.25, 0.3) is 11.5 Å². The summed E-state index contributed by atoms with van der Waals surface area (Å²) in [4.78, 5) is 0. The van der Waals surface area contributed by atoms with Crippen LogP contribution in [-0.2, 0) is 5.75 Å². The number of hydrogen-bond acceptors (Lipinski definition) is 5. The Morgan fingerprint density at radius 3 is 2.45 bits per heavy atom. The number of aromatic nitrogens is 2. The normalized spacial score (nSPS) is 10.4. The van der Waals surface area contributed by atoms with Crippen molar-refractivity contribution in [2.75, 3.05) is 0 Å². The molecule has 3 rings (SSSR count). The molecule has 0 fully saturated rings. The van der Waals surface area contributed by atoms with Gasteiger partial charge in [0, 0.05) is 11.3 Å². The van der Waals surface area contributed by atoms with Crippen molar-refractivity contribution in [1.29, 1.82) is 5.26 Å². The van der Waals surface area contributed by atoms with Crippen molar-refractivity contribution >= 4 is 11.8 Å². The first-order valence-electron chi connectivity index (χ1n) is 6.77. The third-order valence-corrected chi connectivity index (χ3v) is 4.04. The first kappa shape index (κ1) is 14.4. The van der Waals surface area contributed by atoms with Gasteiger partial charge in [0.1, 0.15) is 0 Å². The zero-order valence-corrected chi connectivity index (χ0v) is 12.8. The van der Waals surface area contributed by atoms with E-state index in [-0.39, 0.29) is 0 Å². The van der Waals surface area contributed by atoms with Crippen LogP contribution in [0.2, 0.25) is 0 Å². The molecule has 108 valence electrons. The van der Waals surface area contributed by atoms with Gasteiger partial charge in [-0.2, -0.15) is 5.26 Å². The molecule has 3 aromatic rings. The second kappa shape index (κ2) is 6.46. The first-order chi connectivity index (χ1) is 10.7. The van der Waals surface area contributed by atoms with E-state index in [2.05, 4.69) is 16.3 Å². The SMILES string of the molecule is Cc1ccc(-c2nnc(SCc3ccc(C#N)cc3)o2)cc1. The van der Waals surface area contributed by atoms with Crippen LogP contribution in [0.3, 0.4) is 0 Å². The summed E-state index contributed by atoms with van der Waals surface area (Å²) in [5.74, 6) is 1.25. The van der Waals surface area contributed by atoms with Crippen molar-refractivity contribution in [3.8, 4) is 17.5 Å². The topological polar surface area (TPSA) is 62.7 Å².